The van der Waals surface area contributed by atoms with Crippen LogP contribution in [0.3, 0.4) is 0 Å². The SMILES string of the molecule is COc1ccc(Cl)cc1NC(=O)CCc1cccc(F)c1. The Morgan fingerprint density at radius 3 is 2.81 bits per heavy atom. The van der Waals surface area contributed by atoms with Gasteiger partial charge in [0.05, 0.1) is 12.8 Å². The molecule has 0 aliphatic rings. The van der Waals surface area contributed by atoms with Crippen molar-refractivity contribution in [3.63, 3.8) is 0 Å². The molecule has 2 aromatic rings. The topological polar surface area (TPSA) is 38.3 Å². The van der Waals surface area contributed by atoms with Crippen LogP contribution in [0.2, 0.25) is 5.02 Å². The van der Waals surface area contributed by atoms with E-state index in [0.29, 0.717) is 22.9 Å². The van der Waals surface area contributed by atoms with Gasteiger partial charge in [-0.25, -0.2) is 4.39 Å². The molecule has 110 valence electrons. The summed E-state index contributed by atoms with van der Waals surface area (Å²) in [6.45, 7) is 0. The number of carbonyl (C=O) groups is 1. The second kappa shape index (κ2) is 7.09. The number of hydrogen-bond acceptors (Lipinski definition) is 2. The maximum Gasteiger partial charge on any atom is 0.224 e. The number of carbonyl (C=O) groups excluding carboxylic acids is 1. The van der Waals surface area contributed by atoms with Gasteiger partial charge in [0.25, 0.3) is 0 Å². The number of halogens is 2. The van der Waals surface area contributed by atoms with E-state index in [4.69, 9.17) is 16.3 Å². The van der Waals surface area contributed by atoms with Crippen LogP contribution < -0.4 is 10.1 Å². The first-order valence-electron chi connectivity index (χ1n) is 6.46. The molecule has 0 fully saturated rings. The second-order valence-electron chi connectivity index (χ2n) is 4.52. The van der Waals surface area contributed by atoms with Crippen LogP contribution in [0.1, 0.15) is 12.0 Å². The zero-order valence-corrected chi connectivity index (χ0v) is 12.3. The van der Waals surface area contributed by atoms with E-state index in [9.17, 15) is 9.18 Å². The molecule has 5 heteroatoms. The Hall–Kier alpha value is -2.07. The minimum atomic E-state index is -0.301. The molecule has 0 unspecified atom stereocenters. The van der Waals surface area contributed by atoms with Crippen molar-refractivity contribution < 1.29 is 13.9 Å². The Morgan fingerprint density at radius 1 is 1.29 bits per heavy atom. The molecule has 0 saturated carbocycles. The van der Waals surface area contributed by atoms with Gasteiger partial charge in [-0.05, 0) is 42.3 Å². The van der Waals surface area contributed by atoms with Crippen LogP contribution in [0.25, 0.3) is 0 Å². The largest absolute Gasteiger partial charge is 0.495 e. The van der Waals surface area contributed by atoms with Gasteiger partial charge in [0.1, 0.15) is 11.6 Å². The molecule has 0 aromatic heterocycles. The quantitative estimate of drug-likeness (QED) is 0.904. The van der Waals surface area contributed by atoms with Crippen LogP contribution in [-0.4, -0.2) is 13.0 Å². The highest BCUT2D eigenvalue weighted by Gasteiger charge is 2.08. The van der Waals surface area contributed by atoms with E-state index in [2.05, 4.69) is 5.32 Å². The molecule has 1 N–H and O–H groups in total. The predicted octanol–water partition coefficient (Wildman–Crippen LogP) is 4.06. The van der Waals surface area contributed by atoms with Crippen LogP contribution in [-0.2, 0) is 11.2 Å². The molecule has 0 bridgehead atoms. The van der Waals surface area contributed by atoms with Crippen molar-refractivity contribution >= 4 is 23.2 Å². The maximum atomic E-state index is 13.0. The third kappa shape index (κ3) is 4.46. The Labute approximate surface area is 127 Å². The summed E-state index contributed by atoms with van der Waals surface area (Å²) in [5, 5.41) is 3.26. The number of anilines is 1. The maximum absolute atomic E-state index is 13.0. The fourth-order valence-corrected chi connectivity index (χ4v) is 2.11. The van der Waals surface area contributed by atoms with Gasteiger partial charge in [-0.15, -0.1) is 0 Å². The number of nitrogens with one attached hydrogen (secondary N) is 1. The van der Waals surface area contributed by atoms with E-state index in [1.54, 1.807) is 30.3 Å². The molecular formula is C16H15ClFNO2. The Morgan fingerprint density at radius 2 is 2.10 bits per heavy atom. The third-order valence-corrected chi connectivity index (χ3v) is 3.20. The summed E-state index contributed by atoms with van der Waals surface area (Å²) in [5.41, 5.74) is 1.30. The average molecular weight is 308 g/mol. The van der Waals surface area contributed by atoms with Gasteiger partial charge in [0.2, 0.25) is 5.91 Å². The lowest BCUT2D eigenvalue weighted by Crippen LogP contribution is -2.13. The van der Waals surface area contributed by atoms with E-state index in [-0.39, 0.29) is 18.1 Å². The average Bonchev–Trinajstić information content (AvgIpc) is 2.45. The fourth-order valence-electron chi connectivity index (χ4n) is 1.94. The minimum absolute atomic E-state index is 0.181. The van der Waals surface area contributed by atoms with Crippen molar-refractivity contribution in [2.24, 2.45) is 0 Å². The van der Waals surface area contributed by atoms with Crippen LogP contribution in [0.4, 0.5) is 10.1 Å². The van der Waals surface area contributed by atoms with Gasteiger partial charge in [0, 0.05) is 11.4 Å². The first-order chi connectivity index (χ1) is 10.1. The van der Waals surface area contributed by atoms with Gasteiger partial charge in [-0.3, -0.25) is 4.79 Å². The lowest BCUT2D eigenvalue weighted by Gasteiger charge is -2.10. The first kappa shape index (κ1) is 15.3. The molecule has 0 aliphatic heterocycles. The molecule has 0 saturated heterocycles. The number of amides is 1. The van der Waals surface area contributed by atoms with Crippen molar-refractivity contribution in [1.29, 1.82) is 0 Å². The van der Waals surface area contributed by atoms with E-state index in [1.165, 1.54) is 19.2 Å². The summed E-state index contributed by atoms with van der Waals surface area (Å²) in [6, 6.07) is 11.2. The van der Waals surface area contributed by atoms with Crippen LogP contribution in [0.5, 0.6) is 5.75 Å². The van der Waals surface area contributed by atoms with Gasteiger partial charge < -0.3 is 10.1 Å². The molecule has 0 spiro atoms. The van der Waals surface area contributed by atoms with Gasteiger partial charge in [0.15, 0.2) is 0 Å². The molecule has 1 amide bonds. The van der Waals surface area contributed by atoms with Crippen molar-refractivity contribution in [2.45, 2.75) is 12.8 Å². The van der Waals surface area contributed by atoms with Crippen molar-refractivity contribution in [3.05, 3.63) is 58.9 Å². The monoisotopic (exact) mass is 307 g/mol. The summed E-state index contributed by atoms with van der Waals surface area (Å²) < 4.78 is 18.2. The normalized spacial score (nSPS) is 10.2. The third-order valence-electron chi connectivity index (χ3n) is 2.97. The summed E-state index contributed by atoms with van der Waals surface area (Å²) in [5.74, 6) is 0.0581. The van der Waals surface area contributed by atoms with Crippen molar-refractivity contribution in [2.75, 3.05) is 12.4 Å². The number of hydrogen-bond donors (Lipinski definition) is 1. The minimum Gasteiger partial charge on any atom is -0.495 e. The lowest BCUT2D eigenvalue weighted by atomic mass is 10.1. The van der Waals surface area contributed by atoms with Crippen LogP contribution in [0, 0.1) is 5.82 Å². The summed E-state index contributed by atoms with van der Waals surface area (Å²) in [4.78, 5) is 11.9. The highest BCUT2D eigenvalue weighted by atomic mass is 35.5. The van der Waals surface area contributed by atoms with E-state index in [0.717, 1.165) is 5.56 Å². The first-order valence-corrected chi connectivity index (χ1v) is 6.84. The Balaban J connectivity index is 1.97. The molecule has 0 heterocycles. The zero-order chi connectivity index (χ0) is 15.2. The lowest BCUT2D eigenvalue weighted by molar-refractivity contribution is -0.116. The fraction of sp³-hybridized carbons (Fsp3) is 0.188. The summed E-state index contributed by atoms with van der Waals surface area (Å²) in [6.07, 6.45) is 0.714. The van der Waals surface area contributed by atoms with Crippen molar-refractivity contribution in [1.82, 2.24) is 0 Å². The van der Waals surface area contributed by atoms with Gasteiger partial charge >= 0.3 is 0 Å². The molecular weight excluding hydrogens is 293 g/mol. The van der Waals surface area contributed by atoms with Gasteiger partial charge in [-0.1, -0.05) is 23.7 Å². The number of aryl methyl sites for hydroxylation is 1. The molecule has 0 radical (unpaired) electrons. The molecule has 3 nitrogen and oxygen atoms in total. The Bertz CT molecular complexity index is 646. The number of rotatable bonds is 5. The molecule has 2 aromatic carbocycles. The van der Waals surface area contributed by atoms with Crippen LogP contribution >= 0.6 is 11.6 Å². The van der Waals surface area contributed by atoms with E-state index < -0.39 is 0 Å². The number of benzene rings is 2. The van der Waals surface area contributed by atoms with Crippen molar-refractivity contribution in [3.8, 4) is 5.75 Å². The van der Waals surface area contributed by atoms with Crippen LogP contribution in [0.15, 0.2) is 42.5 Å². The predicted molar refractivity (Wildman–Crippen MR) is 81.4 cm³/mol. The summed E-state index contributed by atoms with van der Waals surface area (Å²) in [7, 11) is 1.52. The number of ether oxygens (including phenoxy) is 1. The molecule has 21 heavy (non-hydrogen) atoms. The second-order valence-corrected chi connectivity index (χ2v) is 4.96. The van der Waals surface area contributed by atoms with E-state index >= 15 is 0 Å². The van der Waals surface area contributed by atoms with E-state index in [1.807, 2.05) is 0 Å². The Kier molecular flexibility index (Phi) is 5.17. The molecule has 2 rings (SSSR count). The molecule has 0 aliphatic carbocycles. The molecule has 0 atom stereocenters. The summed E-state index contributed by atoms with van der Waals surface area (Å²) >= 11 is 5.90. The highest BCUT2D eigenvalue weighted by Crippen LogP contribution is 2.27. The number of methoxy groups -OCH3 is 1. The standard InChI is InChI=1S/C16H15ClFNO2/c1-21-15-7-6-12(17)10-14(15)19-16(20)8-5-11-3-2-4-13(18)9-11/h2-4,6-7,9-10H,5,8H2,1H3,(H,19,20). The highest BCUT2D eigenvalue weighted by molar-refractivity contribution is 6.31. The smallest absolute Gasteiger partial charge is 0.224 e. The van der Waals surface area contributed by atoms with Gasteiger partial charge in [-0.2, -0.15) is 0 Å². The zero-order valence-electron chi connectivity index (χ0n) is 11.5.